The number of aryl methyl sites for hydroxylation is 1. The number of H-pyrrole nitrogens is 2. The van der Waals surface area contributed by atoms with Crippen LogP contribution in [0.2, 0.25) is 0 Å². The third-order valence-corrected chi connectivity index (χ3v) is 1.61. The largest absolute Gasteiger partial charge is 1.00 e. The van der Waals surface area contributed by atoms with E-state index < -0.39 is 11.2 Å². The molecule has 0 radical (unpaired) electrons. The third-order valence-electron chi connectivity index (χ3n) is 1.61. The molecule has 0 saturated carbocycles. The predicted octanol–water partition coefficient (Wildman–Crippen LogP) is -3.93. The van der Waals surface area contributed by atoms with E-state index in [-0.39, 0.29) is 36.5 Å². The van der Waals surface area contributed by atoms with Gasteiger partial charge in [-0.2, -0.15) is 0 Å². The third kappa shape index (κ3) is 1.60. The Morgan fingerprint density at radius 2 is 2.15 bits per heavy atom. The summed E-state index contributed by atoms with van der Waals surface area (Å²) in [5.41, 5.74) is -0.300. The molecule has 0 aromatic carbocycles. The van der Waals surface area contributed by atoms with Crippen LogP contribution in [0.1, 0.15) is 1.43 Å². The van der Waals surface area contributed by atoms with Crippen LogP contribution in [0.5, 0.6) is 0 Å². The van der Waals surface area contributed by atoms with Crippen LogP contribution in [0, 0.1) is 0 Å². The van der Waals surface area contributed by atoms with Gasteiger partial charge < -0.3 is 5.99 Å². The molecule has 2 rings (SSSR count). The zero-order chi connectivity index (χ0) is 8.72. The molecule has 2 heterocycles. The molecule has 0 saturated heterocycles. The summed E-state index contributed by atoms with van der Waals surface area (Å²) < 4.78 is 1.58. The maximum absolute atomic E-state index is 11.1. The summed E-state index contributed by atoms with van der Waals surface area (Å²) in [4.78, 5) is 30.2. The molecule has 0 spiro atoms. The molecule has 0 aliphatic rings. The van der Waals surface area contributed by atoms with Crippen LogP contribution in [0.25, 0.3) is 11.2 Å². The summed E-state index contributed by atoms with van der Waals surface area (Å²) >= 11 is 0. The van der Waals surface area contributed by atoms with Crippen molar-refractivity contribution in [2.24, 2.45) is 7.05 Å². The molecule has 0 amide bonds. The van der Waals surface area contributed by atoms with Gasteiger partial charge in [-0.05, 0) is 0 Å². The smallest absolute Gasteiger partial charge is 1.00 e. The maximum Gasteiger partial charge on any atom is 1.00 e. The van der Waals surface area contributed by atoms with Gasteiger partial charge in [0.1, 0.15) is 5.65 Å². The maximum atomic E-state index is 11.1. The molecule has 2 N–H and O–H groups in total. The first-order valence-corrected chi connectivity index (χ1v) is 3.32. The molecule has 2 aromatic heterocycles. The Kier molecular flexibility index (Phi) is 2.74. The molecule has 0 aliphatic heterocycles. The Bertz CT molecular complexity index is 542. The molecular weight excluding hydrogens is 183 g/mol. The standard InChI is InChI=1S/C6H6N4O2.Na.H/c1-10-2-7-3-4(10)8-6(12)9-5(3)11;;/h2H,1H3,(H2,8,9,11,12);;/q;+1;-1. The Morgan fingerprint density at radius 1 is 1.46 bits per heavy atom. The van der Waals surface area contributed by atoms with Gasteiger partial charge in [-0.15, -0.1) is 0 Å². The zero-order valence-corrected chi connectivity index (χ0v) is 9.29. The van der Waals surface area contributed by atoms with Gasteiger partial charge in [0.2, 0.25) is 0 Å². The quantitative estimate of drug-likeness (QED) is 0.416. The van der Waals surface area contributed by atoms with E-state index in [9.17, 15) is 9.59 Å². The van der Waals surface area contributed by atoms with Gasteiger partial charge in [-0.3, -0.25) is 14.8 Å². The summed E-state index contributed by atoms with van der Waals surface area (Å²) in [6.45, 7) is 0. The number of nitrogens with zero attached hydrogens (tertiary/aromatic N) is 2. The van der Waals surface area contributed by atoms with E-state index in [0.29, 0.717) is 5.65 Å². The van der Waals surface area contributed by atoms with E-state index in [0.717, 1.165) is 0 Å². The molecule has 0 atom stereocenters. The number of fused-ring (bicyclic) bond motifs is 1. The molecular formula is C6H7N4NaO2. The van der Waals surface area contributed by atoms with E-state index in [1.54, 1.807) is 11.6 Å². The molecule has 0 aliphatic carbocycles. The van der Waals surface area contributed by atoms with Crippen LogP contribution in [-0.2, 0) is 7.05 Å². The molecule has 13 heavy (non-hydrogen) atoms. The molecule has 64 valence electrons. The molecule has 7 heteroatoms. The first-order valence-electron chi connectivity index (χ1n) is 3.32. The second-order valence-electron chi connectivity index (χ2n) is 2.46. The number of hydrogen-bond acceptors (Lipinski definition) is 3. The normalized spacial score (nSPS) is 9.92. The SMILES string of the molecule is Cn1cnc2c(=O)[nH]c(=O)[nH]c21.[H-].[Na+]. The Labute approximate surface area is 95.8 Å². The van der Waals surface area contributed by atoms with Gasteiger partial charge in [0.25, 0.3) is 5.56 Å². The Balaban J connectivity index is 0.000000845. The predicted molar refractivity (Wildman–Crippen MR) is 43.1 cm³/mol. The minimum absolute atomic E-state index is 0. The monoisotopic (exact) mass is 190 g/mol. The van der Waals surface area contributed by atoms with Crippen molar-refractivity contribution < 1.29 is 31.0 Å². The van der Waals surface area contributed by atoms with Crippen LogP contribution in [-0.4, -0.2) is 19.5 Å². The fraction of sp³-hybridized carbons (Fsp3) is 0.167. The fourth-order valence-corrected chi connectivity index (χ4v) is 1.04. The second kappa shape index (κ2) is 3.49. The topological polar surface area (TPSA) is 83.5 Å². The van der Waals surface area contributed by atoms with E-state index in [1.165, 1.54) is 6.33 Å². The number of aromatic amines is 2. The van der Waals surface area contributed by atoms with Crippen molar-refractivity contribution in [1.82, 2.24) is 19.5 Å². The summed E-state index contributed by atoms with van der Waals surface area (Å²) in [5, 5.41) is 0. The summed E-state index contributed by atoms with van der Waals surface area (Å²) in [6.07, 6.45) is 1.47. The van der Waals surface area contributed by atoms with E-state index in [1.807, 2.05) is 0 Å². The van der Waals surface area contributed by atoms with Gasteiger partial charge in [0, 0.05) is 7.05 Å². The van der Waals surface area contributed by atoms with Crippen molar-refractivity contribution in [1.29, 1.82) is 0 Å². The number of aromatic nitrogens is 4. The summed E-state index contributed by atoms with van der Waals surface area (Å²) in [7, 11) is 1.70. The van der Waals surface area contributed by atoms with Gasteiger partial charge in [-0.25, -0.2) is 9.78 Å². The first kappa shape index (κ1) is 10.2. The van der Waals surface area contributed by atoms with Crippen molar-refractivity contribution in [2.75, 3.05) is 0 Å². The van der Waals surface area contributed by atoms with Crippen molar-refractivity contribution in [3.05, 3.63) is 27.2 Å². The van der Waals surface area contributed by atoms with Crippen LogP contribution in [0.4, 0.5) is 0 Å². The average molecular weight is 190 g/mol. The zero-order valence-electron chi connectivity index (χ0n) is 8.29. The summed E-state index contributed by atoms with van der Waals surface area (Å²) in [5.74, 6) is 0. The van der Waals surface area contributed by atoms with Crippen LogP contribution in [0.3, 0.4) is 0 Å². The van der Waals surface area contributed by atoms with Crippen molar-refractivity contribution >= 4 is 11.2 Å². The van der Waals surface area contributed by atoms with E-state index in [4.69, 9.17) is 0 Å². The molecule has 0 fully saturated rings. The van der Waals surface area contributed by atoms with Gasteiger partial charge in [0.05, 0.1) is 6.33 Å². The minimum atomic E-state index is -0.517. The Hall–Kier alpha value is -0.850. The van der Waals surface area contributed by atoms with E-state index >= 15 is 0 Å². The number of hydrogen-bond donors (Lipinski definition) is 2. The Morgan fingerprint density at radius 3 is 2.85 bits per heavy atom. The fourth-order valence-electron chi connectivity index (χ4n) is 1.04. The number of imidazole rings is 1. The molecule has 6 nitrogen and oxygen atoms in total. The first-order chi connectivity index (χ1) is 5.68. The van der Waals surface area contributed by atoms with Crippen molar-refractivity contribution in [3.8, 4) is 0 Å². The van der Waals surface area contributed by atoms with Gasteiger partial charge in [-0.1, -0.05) is 0 Å². The van der Waals surface area contributed by atoms with Crippen LogP contribution < -0.4 is 40.8 Å². The molecule has 2 aromatic rings. The van der Waals surface area contributed by atoms with Gasteiger partial charge >= 0.3 is 35.2 Å². The van der Waals surface area contributed by atoms with Crippen LogP contribution in [0.15, 0.2) is 15.9 Å². The van der Waals surface area contributed by atoms with Crippen molar-refractivity contribution in [3.63, 3.8) is 0 Å². The van der Waals surface area contributed by atoms with Crippen LogP contribution >= 0.6 is 0 Å². The molecule has 0 unspecified atom stereocenters. The average Bonchev–Trinajstić information content (AvgIpc) is 2.33. The van der Waals surface area contributed by atoms with E-state index in [2.05, 4.69) is 15.0 Å². The summed E-state index contributed by atoms with van der Waals surface area (Å²) in [6, 6.07) is 0. The van der Waals surface area contributed by atoms with Gasteiger partial charge in [0.15, 0.2) is 5.52 Å². The van der Waals surface area contributed by atoms with Crippen molar-refractivity contribution in [2.45, 2.75) is 0 Å². The number of rotatable bonds is 0. The minimum Gasteiger partial charge on any atom is -1.00 e. The second-order valence-corrected chi connectivity index (χ2v) is 2.46. The number of nitrogens with one attached hydrogen (secondary N) is 2. The molecule has 0 bridgehead atoms.